The van der Waals surface area contributed by atoms with E-state index in [0.717, 1.165) is 29.6 Å². The number of halogens is 1. The van der Waals surface area contributed by atoms with Crippen LogP contribution in [0, 0.1) is 19.7 Å². The smallest absolute Gasteiger partial charge is 0.125 e. The minimum absolute atomic E-state index is 0.198. The van der Waals surface area contributed by atoms with Crippen LogP contribution in [0.2, 0.25) is 0 Å². The van der Waals surface area contributed by atoms with E-state index < -0.39 is 0 Å². The Bertz CT molecular complexity index is 875. The molecule has 2 heterocycles. The molecule has 0 aliphatic heterocycles. The fraction of sp³-hybridized carbons (Fsp3) is 0.421. The van der Waals surface area contributed by atoms with E-state index in [-0.39, 0.29) is 11.9 Å². The third kappa shape index (κ3) is 2.84. The molecule has 3 aromatic rings. The zero-order valence-corrected chi connectivity index (χ0v) is 15.0. The third-order valence-electron chi connectivity index (χ3n) is 4.90. The van der Waals surface area contributed by atoms with E-state index in [1.807, 2.05) is 29.4 Å². The molecule has 4 nitrogen and oxygen atoms in total. The van der Waals surface area contributed by atoms with Crippen LogP contribution in [-0.4, -0.2) is 14.3 Å². The van der Waals surface area contributed by atoms with Gasteiger partial charge in [0.1, 0.15) is 5.82 Å². The van der Waals surface area contributed by atoms with Gasteiger partial charge in [-0.1, -0.05) is 6.92 Å². The number of nitrogens with zero attached hydrogens (tertiary/aromatic N) is 3. The van der Waals surface area contributed by atoms with Gasteiger partial charge < -0.3 is 9.88 Å². The second-order valence-electron chi connectivity index (χ2n) is 6.48. The Morgan fingerprint density at radius 1 is 1.25 bits per heavy atom. The molecule has 2 aromatic heterocycles. The highest BCUT2D eigenvalue weighted by molar-refractivity contribution is 5.84. The molecule has 128 valence electrons. The van der Waals surface area contributed by atoms with Crippen LogP contribution in [0.15, 0.2) is 24.4 Å². The summed E-state index contributed by atoms with van der Waals surface area (Å²) in [6.45, 7) is 7.10. The van der Waals surface area contributed by atoms with Crippen molar-refractivity contribution in [2.75, 3.05) is 0 Å². The van der Waals surface area contributed by atoms with Crippen LogP contribution in [0.25, 0.3) is 10.9 Å². The van der Waals surface area contributed by atoms with Gasteiger partial charge in [0.15, 0.2) is 0 Å². The molecule has 1 aromatic carbocycles. The maximum atomic E-state index is 13.5. The maximum Gasteiger partial charge on any atom is 0.125 e. The van der Waals surface area contributed by atoms with Gasteiger partial charge in [0.05, 0.1) is 11.2 Å². The van der Waals surface area contributed by atoms with Gasteiger partial charge in [-0.25, -0.2) is 4.39 Å². The van der Waals surface area contributed by atoms with Crippen molar-refractivity contribution in [3.8, 4) is 0 Å². The van der Waals surface area contributed by atoms with E-state index in [4.69, 9.17) is 0 Å². The minimum Gasteiger partial charge on any atom is -0.350 e. The van der Waals surface area contributed by atoms with Crippen LogP contribution >= 0.6 is 0 Å². The zero-order valence-electron chi connectivity index (χ0n) is 15.0. The molecule has 0 aliphatic carbocycles. The average Bonchev–Trinajstić information content (AvgIpc) is 2.98. The molecular weight excluding hydrogens is 303 g/mol. The predicted octanol–water partition coefficient (Wildman–Crippen LogP) is 3.91. The summed E-state index contributed by atoms with van der Waals surface area (Å²) in [4.78, 5) is 0. The standard InChI is InChI=1S/C19H25FN4/c1-6-17(19-12(2)22-24(5)13(19)3)21-10-14-11-23(4)18-9-15(20)7-8-16(14)18/h7-9,11,17,21H,6,10H2,1-5H3. The SMILES string of the molecule is CCC(NCc1cn(C)c2cc(F)ccc12)c1c(C)nn(C)c1C. The van der Waals surface area contributed by atoms with Gasteiger partial charge >= 0.3 is 0 Å². The number of aromatic nitrogens is 3. The molecule has 0 amide bonds. The summed E-state index contributed by atoms with van der Waals surface area (Å²) in [6, 6.07) is 5.24. The van der Waals surface area contributed by atoms with Crippen LogP contribution in [-0.2, 0) is 20.6 Å². The van der Waals surface area contributed by atoms with Gasteiger partial charge in [-0.15, -0.1) is 0 Å². The first kappa shape index (κ1) is 16.7. The summed E-state index contributed by atoms with van der Waals surface area (Å²) in [5, 5.41) is 9.28. The van der Waals surface area contributed by atoms with Crippen LogP contribution in [0.3, 0.4) is 0 Å². The Hall–Kier alpha value is -2.14. The van der Waals surface area contributed by atoms with Crippen molar-refractivity contribution in [2.45, 2.75) is 39.8 Å². The van der Waals surface area contributed by atoms with Crippen molar-refractivity contribution in [3.05, 3.63) is 52.7 Å². The highest BCUT2D eigenvalue weighted by Gasteiger charge is 2.19. The lowest BCUT2D eigenvalue weighted by atomic mass is 10.0. The van der Waals surface area contributed by atoms with Crippen molar-refractivity contribution < 1.29 is 4.39 Å². The van der Waals surface area contributed by atoms with Gasteiger partial charge in [-0.2, -0.15) is 5.10 Å². The summed E-state index contributed by atoms with van der Waals surface area (Å²) in [6.07, 6.45) is 3.07. The summed E-state index contributed by atoms with van der Waals surface area (Å²) >= 11 is 0. The first-order chi connectivity index (χ1) is 11.4. The molecule has 0 bridgehead atoms. The van der Waals surface area contributed by atoms with E-state index >= 15 is 0 Å². The molecule has 0 radical (unpaired) electrons. The van der Waals surface area contributed by atoms with Crippen molar-refractivity contribution in [2.24, 2.45) is 14.1 Å². The Morgan fingerprint density at radius 3 is 2.62 bits per heavy atom. The third-order valence-corrected chi connectivity index (χ3v) is 4.90. The van der Waals surface area contributed by atoms with E-state index in [1.54, 1.807) is 6.07 Å². The Morgan fingerprint density at radius 2 is 2.00 bits per heavy atom. The van der Waals surface area contributed by atoms with Crippen molar-refractivity contribution in [1.29, 1.82) is 0 Å². The molecule has 0 saturated heterocycles. The first-order valence-corrected chi connectivity index (χ1v) is 8.39. The van der Waals surface area contributed by atoms with Crippen LogP contribution in [0.1, 0.15) is 41.9 Å². The molecule has 1 N–H and O–H groups in total. The number of fused-ring (bicyclic) bond motifs is 1. The quantitative estimate of drug-likeness (QED) is 0.771. The number of rotatable bonds is 5. The maximum absolute atomic E-state index is 13.5. The molecule has 0 aliphatic rings. The molecule has 1 atom stereocenters. The van der Waals surface area contributed by atoms with Crippen molar-refractivity contribution in [3.63, 3.8) is 0 Å². The molecule has 5 heteroatoms. The molecule has 0 spiro atoms. The molecule has 24 heavy (non-hydrogen) atoms. The molecule has 1 unspecified atom stereocenters. The largest absolute Gasteiger partial charge is 0.350 e. The molecular formula is C19H25FN4. The second-order valence-corrected chi connectivity index (χ2v) is 6.48. The minimum atomic E-state index is -0.198. The van der Waals surface area contributed by atoms with E-state index in [2.05, 4.69) is 37.4 Å². The monoisotopic (exact) mass is 328 g/mol. The Balaban J connectivity index is 1.86. The van der Waals surface area contributed by atoms with Gasteiger partial charge in [0.25, 0.3) is 0 Å². The topological polar surface area (TPSA) is 34.8 Å². The number of nitrogens with one attached hydrogen (secondary N) is 1. The van der Waals surface area contributed by atoms with Crippen LogP contribution in [0.4, 0.5) is 4.39 Å². The van der Waals surface area contributed by atoms with E-state index in [9.17, 15) is 4.39 Å². The first-order valence-electron chi connectivity index (χ1n) is 8.39. The number of aryl methyl sites for hydroxylation is 3. The van der Waals surface area contributed by atoms with Gasteiger partial charge in [0, 0.05) is 49.5 Å². The normalized spacial score (nSPS) is 12.9. The summed E-state index contributed by atoms with van der Waals surface area (Å²) < 4.78 is 17.4. The number of hydrogen-bond acceptors (Lipinski definition) is 2. The van der Waals surface area contributed by atoms with E-state index in [1.165, 1.54) is 22.9 Å². The number of benzene rings is 1. The summed E-state index contributed by atoms with van der Waals surface area (Å²) in [5.41, 5.74) is 5.67. The molecule has 0 saturated carbocycles. The van der Waals surface area contributed by atoms with Gasteiger partial charge in [0.2, 0.25) is 0 Å². The summed E-state index contributed by atoms with van der Waals surface area (Å²) in [5.74, 6) is -0.198. The lowest BCUT2D eigenvalue weighted by Gasteiger charge is -2.18. The lowest BCUT2D eigenvalue weighted by Crippen LogP contribution is -2.21. The van der Waals surface area contributed by atoms with Crippen LogP contribution < -0.4 is 5.32 Å². The van der Waals surface area contributed by atoms with Gasteiger partial charge in [-0.05, 0) is 44.0 Å². The van der Waals surface area contributed by atoms with Crippen molar-refractivity contribution in [1.82, 2.24) is 19.7 Å². The zero-order chi connectivity index (χ0) is 17.4. The predicted molar refractivity (Wildman–Crippen MR) is 95.4 cm³/mol. The molecule has 0 fully saturated rings. The average molecular weight is 328 g/mol. The Labute approximate surface area is 142 Å². The molecule has 3 rings (SSSR count). The fourth-order valence-electron chi connectivity index (χ4n) is 3.56. The van der Waals surface area contributed by atoms with Crippen molar-refractivity contribution >= 4 is 10.9 Å². The highest BCUT2D eigenvalue weighted by Crippen LogP contribution is 2.26. The fourth-order valence-corrected chi connectivity index (χ4v) is 3.56. The summed E-state index contributed by atoms with van der Waals surface area (Å²) in [7, 11) is 3.94. The number of hydrogen-bond donors (Lipinski definition) is 1. The Kier molecular flexibility index (Phi) is 4.45. The van der Waals surface area contributed by atoms with Gasteiger partial charge in [-0.3, -0.25) is 4.68 Å². The lowest BCUT2D eigenvalue weighted by molar-refractivity contribution is 0.515. The second kappa shape index (κ2) is 6.40. The van der Waals surface area contributed by atoms with E-state index in [0.29, 0.717) is 0 Å². The van der Waals surface area contributed by atoms with Crippen LogP contribution in [0.5, 0.6) is 0 Å². The highest BCUT2D eigenvalue weighted by atomic mass is 19.1.